The number of hydrogen-bond donors (Lipinski definition) is 2. The van der Waals surface area contributed by atoms with E-state index in [1.54, 1.807) is 0 Å². The second-order valence-corrected chi connectivity index (χ2v) is 3.99. The first-order chi connectivity index (χ1) is 10.6. The highest BCUT2D eigenvalue weighted by Gasteiger charge is 2.22. The average Bonchev–Trinajstić information content (AvgIpc) is 2.73. The van der Waals surface area contributed by atoms with Crippen LogP contribution in [0.3, 0.4) is 0 Å². The van der Waals surface area contributed by atoms with E-state index in [4.69, 9.17) is 15.3 Å². The highest BCUT2D eigenvalue weighted by Crippen LogP contribution is 2.16. The summed E-state index contributed by atoms with van der Waals surface area (Å²) in [5.74, 6) is 0. The first-order valence-electron chi connectivity index (χ1n) is 5.69. The van der Waals surface area contributed by atoms with Crippen LogP contribution in [-0.4, -0.2) is 29.9 Å². The lowest BCUT2D eigenvalue weighted by Crippen LogP contribution is -2.16. The van der Waals surface area contributed by atoms with Crippen molar-refractivity contribution in [3.63, 3.8) is 0 Å². The maximum atomic E-state index is 11.8. The molecule has 0 radical (unpaired) electrons. The molecule has 0 spiro atoms. The third-order valence-electron chi connectivity index (χ3n) is 2.54. The van der Waals surface area contributed by atoms with E-state index in [1.165, 1.54) is 31.2 Å². The highest BCUT2D eigenvalue weighted by atomic mass is 16.9. The fraction of sp³-hybridized carbons (Fsp3) is 0.100. The molecule has 0 fully saturated rings. The van der Waals surface area contributed by atoms with Gasteiger partial charge in [0.2, 0.25) is 0 Å². The Balaban J connectivity index is 0.000000593. The summed E-state index contributed by atoms with van der Waals surface area (Å²) in [6.45, 7) is 1.40. The average molecular weight is 327 g/mol. The van der Waals surface area contributed by atoms with Crippen molar-refractivity contribution in [1.82, 2.24) is 9.78 Å². The molecule has 0 saturated heterocycles. The van der Waals surface area contributed by atoms with Crippen LogP contribution in [0.4, 0.5) is 11.4 Å². The first-order valence-corrected chi connectivity index (χ1v) is 5.69. The van der Waals surface area contributed by atoms with E-state index >= 15 is 0 Å². The standard InChI is InChI=1S/C10H8N4O5.HNO3/c1-6-9(14(18)19)10(15)12(11-6)7-2-4-8(5-3-7)13(16)17;2-1(3)4/h2-5,11H,1H3;(H,2,3,4). The molecule has 1 aromatic heterocycles. The number of nitrogens with one attached hydrogen (secondary N) is 1. The van der Waals surface area contributed by atoms with Gasteiger partial charge in [-0.1, -0.05) is 0 Å². The fourth-order valence-corrected chi connectivity index (χ4v) is 1.66. The summed E-state index contributed by atoms with van der Waals surface area (Å²) in [6.07, 6.45) is 0. The Bertz CT molecular complexity index is 802. The smallest absolute Gasteiger partial charge is 0.328 e. The zero-order chi connectivity index (χ0) is 17.7. The molecule has 0 atom stereocenters. The van der Waals surface area contributed by atoms with Gasteiger partial charge in [-0.05, 0) is 19.1 Å². The molecule has 0 saturated carbocycles. The van der Waals surface area contributed by atoms with E-state index < -0.39 is 26.2 Å². The Labute approximate surface area is 125 Å². The molecule has 0 amide bonds. The molecular weight excluding hydrogens is 318 g/mol. The van der Waals surface area contributed by atoms with E-state index in [1.807, 2.05) is 0 Å². The maximum Gasteiger partial charge on any atom is 0.356 e. The van der Waals surface area contributed by atoms with Crippen LogP contribution >= 0.6 is 0 Å². The van der Waals surface area contributed by atoms with Crippen molar-refractivity contribution in [3.8, 4) is 5.69 Å². The fourth-order valence-electron chi connectivity index (χ4n) is 1.66. The molecule has 0 bridgehead atoms. The van der Waals surface area contributed by atoms with E-state index in [0.29, 0.717) is 0 Å². The molecule has 2 N–H and O–H groups in total. The minimum Gasteiger partial charge on any atom is -0.328 e. The lowest BCUT2D eigenvalue weighted by atomic mass is 10.3. The minimum atomic E-state index is -1.50. The zero-order valence-electron chi connectivity index (χ0n) is 11.4. The van der Waals surface area contributed by atoms with E-state index in [2.05, 4.69) is 5.10 Å². The minimum absolute atomic E-state index is 0.119. The van der Waals surface area contributed by atoms with Crippen LogP contribution in [0, 0.1) is 37.3 Å². The number of aromatic nitrogens is 2. The number of nitrogens with zero attached hydrogens (tertiary/aromatic N) is 4. The number of aromatic amines is 1. The third-order valence-corrected chi connectivity index (χ3v) is 2.54. The molecule has 0 aliphatic rings. The van der Waals surface area contributed by atoms with Gasteiger partial charge in [-0.3, -0.25) is 30.1 Å². The van der Waals surface area contributed by atoms with Gasteiger partial charge in [0, 0.05) is 12.1 Å². The lowest BCUT2D eigenvalue weighted by molar-refractivity contribution is -0.742. The molecule has 0 unspecified atom stereocenters. The van der Waals surface area contributed by atoms with Gasteiger partial charge in [0.05, 0.1) is 15.5 Å². The van der Waals surface area contributed by atoms with Gasteiger partial charge < -0.3 is 5.21 Å². The Hall–Kier alpha value is -3.77. The summed E-state index contributed by atoms with van der Waals surface area (Å²) in [5, 5.41) is 37.4. The molecule has 13 heteroatoms. The van der Waals surface area contributed by atoms with Crippen LogP contribution in [0.1, 0.15) is 5.69 Å². The van der Waals surface area contributed by atoms with Crippen molar-refractivity contribution in [2.24, 2.45) is 0 Å². The van der Waals surface area contributed by atoms with Gasteiger partial charge in [-0.25, -0.2) is 4.68 Å². The number of benzene rings is 1. The van der Waals surface area contributed by atoms with Gasteiger partial charge in [0.1, 0.15) is 5.69 Å². The zero-order valence-corrected chi connectivity index (χ0v) is 11.4. The van der Waals surface area contributed by atoms with Crippen LogP contribution in [0.25, 0.3) is 5.69 Å². The van der Waals surface area contributed by atoms with E-state index in [-0.39, 0.29) is 17.1 Å². The van der Waals surface area contributed by atoms with Crippen LogP contribution in [0.5, 0.6) is 0 Å². The highest BCUT2D eigenvalue weighted by molar-refractivity contribution is 5.43. The number of aryl methyl sites for hydroxylation is 1. The van der Waals surface area contributed by atoms with E-state index in [0.717, 1.165) is 4.68 Å². The molecule has 0 aliphatic heterocycles. The SMILES string of the molecule is Cc1[nH]n(-c2ccc([N+](=O)[O-])cc2)c(=O)c1[N+](=O)[O-].O=[N+]([O-])O. The molecular formula is C10H9N5O8. The van der Waals surface area contributed by atoms with Gasteiger partial charge in [-0.15, -0.1) is 10.1 Å². The summed E-state index contributed by atoms with van der Waals surface area (Å²) in [7, 11) is 0. The van der Waals surface area contributed by atoms with E-state index in [9.17, 15) is 25.0 Å². The summed E-state index contributed by atoms with van der Waals surface area (Å²) in [6, 6.07) is 5.09. The number of rotatable bonds is 3. The van der Waals surface area contributed by atoms with Crippen LogP contribution < -0.4 is 5.56 Å². The predicted octanol–water partition coefficient (Wildman–Crippen LogP) is 0.943. The Kier molecular flexibility index (Phi) is 5.10. The predicted molar refractivity (Wildman–Crippen MR) is 73.2 cm³/mol. The van der Waals surface area contributed by atoms with Crippen LogP contribution in [0.15, 0.2) is 29.1 Å². The van der Waals surface area contributed by atoms with Crippen molar-refractivity contribution in [3.05, 3.63) is 70.7 Å². The van der Waals surface area contributed by atoms with Gasteiger partial charge in [-0.2, -0.15) is 0 Å². The molecule has 122 valence electrons. The topological polar surface area (TPSA) is 187 Å². The molecule has 23 heavy (non-hydrogen) atoms. The normalized spacial score (nSPS) is 9.61. The van der Waals surface area contributed by atoms with Crippen LogP contribution in [0.2, 0.25) is 0 Å². The second-order valence-electron chi connectivity index (χ2n) is 3.99. The Morgan fingerprint density at radius 2 is 1.52 bits per heavy atom. The third kappa shape index (κ3) is 4.10. The molecule has 2 aromatic rings. The van der Waals surface area contributed by atoms with Crippen molar-refractivity contribution in [2.75, 3.05) is 0 Å². The second kappa shape index (κ2) is 6.79. The van der Waals surface area contributed by atoms with Crippen molar-refractivity contribution < 1.29 is 20.1 Å². The molecule has 13 nitrogen and oxygen atoms in total. The monoisotopic (exact) mass is 327 g/mol. The molecule has 2 rings (SSSR count). The lowest BCUT2D eigenvalue weighted by Gasteiger charge is -1.99. The molecule has 1 aromatic carbocycles. The van der Waals surface area contributed by atoms with Gasteiger partial charge in [0.15, 0.2) is 0 Å². The van der Waals surface area contributed by atoms with Crippen LogP contribution in [-0.2, 0) is 0 Å². The number of nitro benzene ring substituents is 1. The number of H-pyrrole nitrogens is 1. The quantitative estimate of drug-likeness (QED) is 0.615. The summed E-state index contributed by atoms with van der Waals surface area (Å²) in [5.41, 5.74) is -1.08. The number of hydrogen-bond acceptors (Lipinski definition) is 7. The number of non-ortho nitro benzene ring substituents is 1. The summed E-state index contributed by atoms with van der Waals surface area (Å²) < 4.78 is 0.969. The van der Waals surface area contributed by atoms with Gasteiger partial charge in [0.25, 0.3) is 10.8 Å². The number of nitro groups is 2. The summed E-state index contributed by atoms with van der Waals surface area (Å²) >= 11 is 0. The molecule has 0 aliphatic carbocycles. The van der Waals surface area contributed by atoms with Crippen molar-refractivity contribution >= 4 is 11.4 Å². The Morgan fingerprint density at radius 1 is 1.04 bits per heavy atom. The first kappa shape index (κ1) is 17.3. The largest absolute Gasteiger partial charge is 0.356 e. The van der Waals surface area contributed by atoms with Crippen molar-refractivity contribution in [2.45, 2.75) is 6.92 Å². The summed E-state index contributed by atoms with van der Waals surface area (Å²) in [4.78, 5) is 40.0. The maximum absolute atomic E-state index is 11.8. The Morgan fingerprint density at radius 3 is 1.87 bits per heavy atom. The molecule has 1 heterocycles. The van der Waals surface area contributed by atoms with Crippen molar-refractivity contribution in [1.29, 1.82) is 0 Å². The van der Waals surface area contributed by atoms with Gasteiger partial charge >= 0.3 is 11.2 Å².